The zero-order chi connectivity index (χ0) is 20.3. The molecule has 1 aromatic carbocycles. The van der Waals surface area contributed by atoms with Gasteiger partial charge in [-0.25, -0.2) is 8.78 Å². The van der Waals surface area contributed by atoms with Crippen molar-refractivity contribution in [3.8, 4) is 5.75 Å². The SMILES string of the molecule is Bc1c(F)cc(OC(F)(F)C2CCC(C3CCC(CCC)CC3)CC2)cc1F. The third-order valence-electron chi connectivity index (χ3n) is 7.01. The normalized spacial score (nSPS) is 28.9. The molecular formula is C22H31BF4O. The molecule has 0 bridgehead atoms. The number of rotatable bonds is 6. The molecule has 2 fully saturated rings. The third kappa shape index (κ3) is 5.04. The van der Waals surface area contributed by atoms with E-state index in [0.717, 1.165) is 30.9 Å². The first kappa shape index (κ1) is 21.5. The van der Waals surface area contributed by atoms with E-state index < -0.39 is 29.4 Å². The van der Waals surface area contributed by atoms with E-state index in [9.17, 15) is 17.6 Å². The highest BCUT2D eigenvalue weighted by Gasteiger charge is 2.45. The molecule has 1 nitrogen and oxygen atoms in total. The summed E-state index contributed by atoms with van der Waals surface area (Å²) in [4.78, 5) is 0. The minimum atomic E-state index is -3.40. The van der Waals surface area contributed by atoms with Gasteiger partial charge in [-0.15, -0.1) is 0 Å². The van der Waals surface area contributed by atoms with Gasteiger partial charge in [0.05, 0.1) is 5.92 Å². The highest BCUT2D eigenvalue weighted by Crippen LogP contribution is 2.45. The molecule has 28 heavy (non-hydrogen) atoms. The Balaban J connectivity index is 1.52. The predicted molar refractivity (Wildman–Crippen MR) is 106 cm³/mol. The second-order valence-corrected chi connectivity index (χ2v) is 8.86. The Bertz CT molecular complexity index is 627. The van der Waals surface area contributed by atoms with E-state index in [1.807, 2.05) is 0 Å². The van der Waals surface area contributed by atoms with Gasteiger partial charge in [0.25, 0.3) is 0 Å². The Morgan fingerprint density at radius 2 is 1.43 bits per heavy atom. The molecule has 3 rings (SSSR count). The number of hydrogen-bond acceptors (Lipinski definition) is 1. The van der Waals surface area contributed by atoms with Crippen molar-refractivity contribution in [3.05, 3.63) is 23.8 Å². The Kier molecular flexibility index (Phi) is 6.98. The van der Waals surface area contributed by atoms with Gasteiger partial charge in [-0.1, -0.05) is 32.6 Å². The molecule has 0 atom stereocenters. The van der Waals surface area contributed by atoms with E-state index in [2.05, 4.69) is 6.92 Å². The monoisotopic (exact) mass is 398 g/mol. The smallest absolute Gasteiger partial charge is 0.400 e. The van der Waals surface area contributed by atoms with Crippen LogP contribution in [-0.2, 0) is 0 Å². The first-order valence-corrected chi connectivity index (χ1v) is 10.8. The van der Waals surface area contributed by atoms with Crippen molar-refractivity contribution in [2.75, 3.05) is 0 Å². The summed E-state index contributed by atoms with van der Waals surface area (Å²) < 4.78 is 61.2. The number of hydrogen-bond donors (Lipinski definition) is 0. The van der Waals surface area contributed by atoms with Crippen LogP contribution in [-0.4, -0.2) is 14.0 Å². The maximum Gasteiger partial charge on any atom is 0.400 e. The average molecular weight is 398 g/mol. The van der Waals surface area contributed by atoms with Crippen molar-refractivity contribution in [2.24, 2.45) is 23.7 Å². The van der Waals surface area contributed by atoms with Crippen LogP contribution >= 0.6 is 0 Å². The fourth-order valence-electron chi connectivity index (χ4n) is 5.20. The van der Waals surface area contributed by atoms with Crippen LogP contribution in [0.15, 0.2) is 12.1 Å². The summed E-state index contributed by atoms with van der Waals surface area (Å²) in [6.07, 6.45) is 6.57. The molecule has 0 spiro atoms. The van der Waals surface area contributed by atoms with Crippen LogP contribution in [0.5, 0.6) is 5.75 Å². The second-order valence-electron chi connectivity index (χ2n) is 8.86. The molecule has 2 aliphatic rings. The van der Waals surface area contributed by atoms with Crippen LogP contribution in [0, 0.1) is 35.3 Å². The molecule has 1 aromatic rings. The molecule has 156 valence electrons. The van der Waals surface area contributed by atoms with Crippen molar-refractivity contribution in [2.45, 2.75) is 77.2 Å². The molecular weight excluding hydrogens is 367 g/mol. The summed E-state index contributed by atoms with van der Waals surface area (Å²) in [5.74, 6) is -1.02. The number of benzene rings is 1. The summed E-state index contributed by atoms with van der Waals surface area (Å²) in [6.45, 7) is 2.23. The van der Waals surface area contributed by atoms with E-state index in [4.69, 9.17) is 4.74 Å². The summed E-state index contributed by atoms with van der Waals surface area (Å²) in [5.41, 5.74) is -0.190. The van der Waals surface area contributed by atoms with Crippen LogP contribution in [0.1, 0.15) is 71.1 Å². The quantitative estimate of drug-likeness (QED) is 0.447. The van der Waals surface area contributed by atoms with E-state index in [1.165, 1.54) is 46.4 Å². The molecule has 0 amide bonds. The van der Waals surface area contributed by atoms with Gasteiger partial charge in [-0.3, -0.25) is 0 Å². The van der Waals surface area contributed by atoms with Crippen LogP contribution in [0.25, 0.3) is 0 Å². The highest BCUT2D eigenvalue weighted by atomic mass is 19.3. The van der Waals surface area contributed by atoms with Crippen LogP contribution in [0.4, 0.5) is 17.6 Å². The average Bonchev–Trinajstić information content (AvgIpc) is 2.67. The topological polar surface area (TPSA) is 9.23 Å². The molecule has 0 saturated heterocycles. The van der Waals surface area contributed by atoms with Crippen molar-refractivity contribution in [1.82, 2.24) is 0 Å². The predicted octanol–water partition coefficient (Wildman–Crippen LogP) is 5.61. The van der Waals surface area contributed by atoms with E-state index in [0.29, 0.717) is 24.7 Å². The first-order valence-electron chi connectivity index (χ1n) is 10.8. The Morgan fingerprint density at radius 1 is 0.929 bits per heavy atom. The zero-order valence-electron chi connectivity index (χ0n) is 17.0. The third-order valence-corrected chi connectivity index (χ3v) is 7.01. The Labute approximate surface area is 166 Å². The van der Waals surface area contributed by atoms with Gasteiger partial charge in [0, 0.05) is 12.1 Å². The lowest BCUT2D eigenvalue weighted by atomic mass is 9.68. The summed E-state index contributed by atoms with van der Waals surface area (Å²) >= 11 is 0. The Morgan fingerprint density at radius 3 is 1.93 bits per heavy atom. The maximum atomic E-state index is 14.6. The summed E-state index contributed by atoms with van der Waals surface area (Å²) in [5, 5.41) is 0. The molecule has 0 heterocycles. The lowest BCUT2D eigenvalue weighted by Gasteiger charge is -2.39. The molecule has 0 radical (unpaired) electrons. The minimum Gasteiger partial charge on any atom is -0.432 e. The van der Waals surface area contributed by atoms with Crippen LogP contribution < -0.4 is 10.2 Å². The maximum absolute atomic E-state index is 14.6. The second kappa shape index (κ2) is 9.08. The standard InChI is InChI=1S/C22H31BF4O/c1-2-3-14-4-6-15(7-5-14)16-8-10-17(11-9-16)22(26,27)28-18-12-19(24)21(23)20(25)13-18/h12-17H,2-11,23H2,1H3. The van der Waals surface area contributed by atoms with Crippen LogP contribution in [0.3, 0.4) is 0 Å². The van der Waals surface area contributed by atoms with Crippen molar-refractivity contribution >= 4 is 13.3 Å². The fraction of sp³-hybridized carbons (Fsp3) is 0.727. The van der Waals surface area contributed by atoms with Gasteiger partial charge in [0.15, 0.2) is 0 Å². The number of halogens is 4. The molecule has 0 unspecified atom stereocenters. The van der Waals surface area contributed by atoms with Crippen molar-refractivity contribution < 1.29 is 22.3 Å². The zero-order valence-corrected chi connectivity index (χ0v) is 17.0. The van der Waals surface area contributed by atoms with Gasteiger partial charge < -0.3 is 4.74 Å². The van der Waals surface area contributed by atoms with Gasteiger partial charge >= 0.3 is 6.11 Å². The van der Waals surface area contributed by atoms with Gasteiger partial charge in [-0.05, 0) is 61.7 Å². The molecule has 0 aromatic heterocycles. The first-order chi connectivity index (χ1) is 13.3. The van der Waals surface area contributed by atoms with Gasteiger partial charge in [0.2, 0.25) is 0 Å². The van der Waals surface area contributed by atoms with Crippen molar-refractivity contribution in [1.29, 1.82) is 0 Å². The minimum absolute atomic E-state index is 0.190. The lowest BCUT2D eigenvalue weighted by molar-refractivity contribution is -0.224. The van der Waals surface area contributed by atoms with Gasteiger partial charge in [0.1, 0.15) is 25.2 Å². The number of alkyl halides is 2. The summed E-state index contributed by atoms with van der Waals surface area (Å²) in [6, 6.07) is 1.68. The molecule has 2 aliphatic carbocycles. The Hall–Kier alpha value is -1.20. The van der Waals surface area contributed by atoms with E-state index in [1.54, 1.807) is 0 Å². The lowest BCUT2D eigenvalue weighted by Crippen LogP contribution is -2.38. The van der Waals surface area contributed by atoms with E-state index >= 15 is 0 Å². The molecule has 6 heteroatoms. The largest absolute Gasteiger partial charge is 0.432 e. The number of ether oxygens (including phenoxy) is 1. The fourth-order valence-corrected chi connectivity index (χ4v) is 5.20. The molecule has 0 N–H and O–H groups in total. The van der Waals surface area contributed by atoms with Gasteiger partial charge in [-0.2, -0.15) is 8.78 Å². The highest BCUT2D eigenvalue weighted by molar-refractivity contribution is 6.32. The molecule has 2 saturated carbocycles. The van der Waals surface area contributed by atoms with Crippen molar-refractivity contribution in [3.63, 3.8) is 0 Å². The van der Waals surface area contributed by atoms with Crippen LogP contribution in [0.2, 0.25) is 0 Å². The van der Waals surface area contributed by atoms with E-state index in [-0.39, 0.29) is 5.46 Å². The molecule has 0 aliphatic heterocycles. The summed E-state index contributed by atoms with van der Waals surface area (Å²) in [7, 11) is 1.27.